The number of ketones is 1. The van der Waals surface area contributed by atoms with Gasteiger partial charge in [-0.05, 0) is 71.4 Å². The Balaban J connectivity index is 2.48. The van der Waals surface area contributed by atoms with Crippen molar-refractivity contribution in [3.8, 4) is 0 Å². The Hall–Kier alpha value is -2.52. The predicted molar refractivity (Wildman–Crippen MR) is 115 cm³/mol. The van der Waals surface area contributed by atoms with Gasteiger partial charge in [-0.2, -0.15) is 4.31 Å². The lowest BCUT2D eigenvalue weighted by Crippen LogP contribution is -2.40. The van der Waals surface area contributed by atoms with Crippen LogP contribution in [0.1, 0.15) is 59.8 Å². The summed E-state index contributed by atoms with van der Waals surface area (Å²) in [5.74, 6) is -1.50. The lowest BCUT2D eigenvalue weighted by Gasteiger charge is -2.25. The van der Waals surface area contributed by atoms with Gasteiger partial charge in [0.2, 0.25) is 10.0 Å². The fourth-order valence-corrected chi connectivity index (χ4v) is 5.26. The van der Waals surface area contributed by atoms with Crippen LogP contribution in [-0.2, 0) is 21.3 Å². The number of Topliss-reactive ketones (excluding diaryl/α,β-unsaturated/α-hetero) is 1. The molecule has 31 heavy (non-hydrogen) atoms. The van der Waals surface area contributed by atoms with Crippen molar-refractivity contribution in [3.63, 3.8) is 0 Å². The molecule has 1 aromatic heterocycles. The molecule has 0 saturated heterocycles. The van der Waals surface area contributed by atoms with Crippen LogP contribution < -0.4 is 0 Å². The molecule has 0 aliphatic carbocycles. The molecule has 1 heterocycles. The van der Waals surface area contributed by atoms with E-state index in [1.165, 1.54) is 12.1 Å². The Morgan fingerprint density at radius 2 is 1.71 bits per heavy atom. The van der Waals surface area contributed by atoms with Gasteiger partial charge in [-0.1, -0.05) is 0 Å². The third kappa shape index (κ3) is 4.88. The highest BCUT2D eigenvalue weighted by Gasteiger charge is 2.32. The first-order chi connectivity index (χ1) is 14.5. The monoisotopic (exact) mass is 452 g/mol. The van der Waals surface area contributed by atoms with Crippen LogP contribution in [0.15, 0.2) is 29.2 Å². The number of aromatic nitrogens is 1. The Morgan fingerprint density at radius 1 is 1.13 bits per heavy atom. The number of ether oxygens (including phenoxy) is 1. The van der Waals surface area contributed by atoms with E-state index < -0.39 is 40.2 Å². The van der Waals surface area contributed by atoms with Crippen molar-refractivity contribution in [2.45, 2.75) is 59.0 Å². The van der Waals surface area contributed by atoms with Crippen LogP contribution in [0.3, 0.4) is 0 Å². The fraction of sp³-hybridized carbons (Fsp3) is 0.455. The second-order valence-corrected chi connectivity index (χ2v) is 9.31. The summed E-state index contributed by atoms with van der Waals surface area (Å²) in [6.07, 6.45) is 0. The van der Waals surface area contributed by atoms with Gasteiger partial charge < -0.3 is 9.30 Å². The number of carbonyl (C=O) groups excluding carboxylic acids is 2. The summed E-state index contributed by atoms with van der Waals surface area (Å²) in [6.45, 7) is 10.5. The minimum atomic E-state index is -4.03. The summed E-state index contributed by atoms with van der Waals surface area (Å²) >= 11 is 0. The highest BCUT2D eigenvalue weighted by Crippen LogP contribution is 2.26. The molecule has 2 rings (SSSR count). The number of hydrogen-bond donors (Lipinski definition) is 0. The van der Waals surface area contributed by atoms with Crippen molar-refractivity contribution in [1.29, 1.82) is 0 Å². The van der Waals surface area contributed by atoms with E-state index in [1.54, 1.807) is 39.2 Å². The van der Waals surface area contributed by atoms with Gasteiger partial charge in [-0.3, -0.25) is 4.79 Å². The van der Waals surface area contributed by atoms with Crippen LogP contribution in [-0.4, -0.2) is 48.2 Å². The molecule has 0 atom stereocenters. The Kier molecular flexibility index (Phi) is 7.77. The molecule has 9 heteroatoms. The molecule has 0 aliphatic heterocycles. The number of rotatable bonds is 9. The lowest BCUT2D eigenvalue weighted by atomic mass is 10.1. The van der Waals surface area contributed by atoms with Crippen molar-refractivity contribution in [2.24, 2.45) is 0 Å². The number of carbonyl (C=O) groups is 2. The molecule has 0 N–H and O–H groups in total. The average molecular weight is 453 g/mol. The molecule has 0 fully saturated rings. The van der Waals surface area contributed by atoms with E-state index in [4.69, 9.17) is 4.74 Å². The van der Waals surface area contributed by atoms with Gasteiger partial charge in [0.05, 0.1) is 18.0 Å². The lowest BCUT2D eigenvalue weighted by molar-refractivity contribution is 0.0512. The topological polar surface area (TPSA) is 85.7 Å². The molecule has 0 amide bonds. The number of benzene rings is 1. The van der Waals surface area contributed by atoms with Gasteiger partial charge in [0, 0.05) is 23.8 Å². The predicted octanol–water partition coefficient (Wildman–Crippen LogP) is 3.72. The quantitative estimate of drug-likeness (QED) is 0.428. The third-order valence-electron chi connectivity index (χ3n) is 5.13. The molecular weight excluding hydrogens is 423 g/mol. The Bertz CT molecular complexity index is 1070. The summed E-state index contributed by atoms with van der Waals surface area (Å²) in [7, 11) is -4.03. The zero-order valence-electron chi connectivity index (χ0n) is 18.7. The molecule has 0 saturated carbocycles. The van der Waals surface area contributed by atoms with E-state index in [-0.39, 0.29) is 11.5 Å². The van der Waals surface area contributed by atoms with Crippen molar-refractivity contribution in [3.05, 3.63) is 52.6 Å². The summed E-state index contributed by atoms with van der Waals surface area (Å²) in [6, 6.07) is 3.96. The molecule has 1 aromatic carbocycles. The van der Waals surface area contributed by atoms with Crippen LogP contribution in [0.5, 0.6) is 0 Å². The van der Waals surface area contributed by atoms with E-state index >= 15 is 0 Å². The third-order valence-corrected chi connectivity index (χ3v) is 7.16. The van der Waals surface area contributed by atoms with Gasteiger partial charge in [0.1, 0.15) is 11.5 Å². The smallest absolute Gasteiger partial charge is 0.355 e. The first-order valence-corrected chi connectivity index (χ1v) is 11.6. The highest BCUT2D eigenvalue weighted by molar-refractivity contribution is 7.89. The van der Waals surface area contributed by atoms with Gasteiger partial charge in [-0.25, -0.2) is 17.6 Å². The fourth-order valence-electron chi connectivity index (χ4n) is 3.67. The van der Waals surface area contributed by atoms with E-state index in [0.29, 0.717) is 29.1 Å². The number of sulfonamides is 1. The molecule has 170 valence electrons. The van der Waals surface area contributed by atoms with Crippen LogP contribution in [0, 0.1) is 19.7 Å². The highest BCUT2D eigenvalue weighted by atomic mass is 32.2. The molecule has 0 bridgehead atoms. The summed E-state index contributed by atoms with van der Waals surface area (Å²) in [4.78, 5) is 25.6. The Labute approximate surface area is 182 Å². The average Bonchev–Trinajstić information content (AvgIpc) is 2.95. The van der Waals surface area contributed by atoms with Crippen molar-refractivity contribution in [2.75, 3.05) is 13.2 Å². The standard InChI is InChI=1S/C22H29FN2O5S/c1-7-24-16(6)20(15(5)21(24)22(27)30-8-2)19(26)13-25(14(3)4)31(28,29)18-11-9-17(23)10-12-18/h9-12,14H,7-8,13H2,1-6H3. The number of hydrogen-bond acceptors (Lipinski definition) is 5. The minimum absolute atomic E-state index is 0.0952. The van der Waals surface area contributed by atoms with E-state index in [1.807, 2.05) is 6.92 Å². The maximum Gasteiger partial charge on any atom is 0.355 e. The Morgan fingerprint density at radius 3 is 2.19 bits per heavy atom. The molecule has 7 nitrogen and oxygen atoms in total. The summed E-state index contributed by atoms with van der Waals surface area (Å²) in [5, 5.41) is 0. The van der Waals surface area contributed by atoms with Gasteiger partial charge >= 0.3 is 5.97 Å². The number of nitrogens with zero attached hydrogens (tertiary/aromatic N) is 2. The van der Waals surface area contributed by atoms with Gasteiger partial charge in [0.15, 0.2) is 5.78 Å². The van der Waals surface area contributed by atoms with Gasteiger partial charge in [0.25, 0.3) is 0 Å². The largest absolute Gasteiger partial charge is 0.461 e. The van der Waals surface area contributed by atoms with Crippen LogP contribution in [0.25, 0.3) is 0 Å². The first-order valence-electron chi connectivity index (χ1n) is 10.1. The molecule has 0 unspecified atom stereocenters. The van der Waals surface area contributed by atoms with E-state index in [9.17, 15) is 22.4 Å². The number of halogens is 1. The van der Waals surface area contributed by atoms with Crippen molar-refractivity contribution >= 4 is 21.8 Å². The zero-order chi connectivity index (χ0) is 23.5. The molecule has 2 aromatic rings. The maximum atomic E-state index is 13.3. The summed E-state index contributed by atoms with van der Waals surface area (Å²) in [5.41, 5.74) is 1.65. The van der Waals surface area contributed by atoms with Crippen LogP contribution in [0.2, 0.25) is 0 Å². The van der Waals surface area contributed by atoms with E-state index in [2.05, 4.69) is 0 Å². The second kappa shape index (κ2) is 9.74. The maximum absolute atomic E-state index is 13.3. The van der Waals surface area contributed by atoms with Gasteiger partial charge in [-0.15, -0.1) is 0 Å². The zero-order valence-corrected chi connectivity index (χ0v) is 19.5. The molecule has 0 aliphatic rings. The van der Waals surface area contributed by atoms with E-state index in [0.717, 1.165) is 16.4 Å². The molecule has 0 radical (unpaired) electrons. The van der Waals surface area contributed by atoms with Crippen LogP contribution >= 0.6 is 0 Å². The first kappa shape index (κ1) is 24.7. The SMILES string of the molecule is CCOC(=O)c1c(C)c(C(=O)CN(C(C)C)S(=O)(=O)c2ccc(F)cc2)c(C)n1CC. The number of esters is 1. The van der Waals surface area contributed by atoms with Crippen molar-refractivity contribution < 1.29 is 27.1 Å². The van der Waals surface area contributed by atoms with Crippen LogP contribution in [0.4, 0.5) is 4.39 Å². The molecule has 0 spiro atoms. The molecular formula is C22H29FN2O5S. The summed E-state index contributed by atoms with van der Waals surface area (Å²) < 4.78 is 47.4. The second-order valence-electron chi connectivity index (χ2n) is 7.42. The van der Waals surface area contributed by atoms with Crippen molar-refractivity contribution in [1.82, 2.24) is 8.87 Å². The normalized spacial score (nSPS) is 11.9. The minimum Gasteiger partial charge on any atom is -0.461 e.